The van der Waals surface area contributed by atoms with Gasteiger partial charge in [-0.15, -0.1) is 22.7 Å². The third-order valence-corrected chi connectivity index (χ3v) is 8.89. The quantitative estimate of drug-likeness (QED) is 0.376. The highest BCUT2D eigenvalue weighted by molar-refractivity contribution is 7.15. The molecule has 1 aliphatic heterocycles. The van der Waals surface area contributed by atoms with Crippen molar-refractivity contribution in [3.05, 3.63) is 63.7 Å². The minimum absolute atomic E-state index is 0.0477. The van der Waals surface area contributed by atoms with Crippen molar-refractivity contribution in [1.82, 2.24) is 19.3 Å². The number of carboxylic acid groups (broad SMARTS) is 1. The summed E-state index contributed by atoms with van der Waals surface area (Å²) in [6.07, 6.45) is 6.10. The maximum Gasteiger partial charge on any atom is 0.354 e. The lowest BCUT2D eigenvalue weighted by molar-refractivity contribution is 0.0658. The monoisotopic (exact) mass is 541 g/mol. The number of amides is 1. The molecule has 6 rings (SSSR count). The van der Waals surface area contributed by atoms with Gasteiger partial charge in [-0.25, -0.2) is 19.2 Å². The molecule has 3 aromatic heterocycles. The summed E-state index contributed by atoms with van der Waals surface area (Å²) in [7, 11) is 0. The van der Waals surface area contributed by atoms with E-state index < -0.39 is 5.97 Å². The van der Waals surface area contributed by atoms with Crippen molar-refractivity contribution in [2.24, 2.45) is 11.7 Å². The number of nitrogens with zero attached hydrogens (tertiary/aromatic N) is 4. The van der Waals surface area contributed by atoms with Crippen LogP contribution in [-0.4, -0.2) is 54.9 Å². The number of thiazole rings is 2. The summed E-state index contributed by atoms with van der Waals surface area (Å²) in [5.74, 6) is -0.722. The van der Waals surface area contributed by atoms with Gasteiger partial charge in [0.25, 0.3) is 5.91 Å². The maximum absolute atomic E-state index is 13.7. The van der Waals surface area contributed by atoms with Crippen LogP contribution in [0, 0.1) is 25.6 Å². The average molecular weight is 542 g/mol. The number of carbonyl (C=O) groups excluding carboxylic acids is 1. The molecule has 3 atom stereocenters. The zero-order valence-electron chi connectivity index (χ0n) is 20.6. The Balaban J connectivity index is 0.000000195. The number of aromatic carboxylic acids is 1. The highest BCUT2D eigenvalue weighted by atomic mass is 32.1. The average Bonchev–Trinajstić information content (AvgIpc) is 3.65. The number of rotatable bonds is 4. The first-order valence-corrected chi connectivity index (χ1v) is 13.9. The molecule has 0 bridgehead atoms. The van der Waals surface area contributed by atoms with Crippen LogP contribution in [-0.2, 0) is 0 Å². The molecule has 37 heavy (non-hydrogen) atoms. The normalized spacial score (nSPS) is 20.6. The first-order chi connectivity index (χ1) is 17.8. The molecule has 1 amide bonds. The number of aryl methyl sites for hydroxylation is 2. The second-order valence-electron chi connectivity index (χ2n) is 9.42. The highest BCUT2D eigenvalue weighted by Gasteiger charge is 2.46. The summed E-state index contributed by atoms with van der Waals surface area (Å²) in [6, 6.07) is 6.74. The van der Waals surface area contributed by atoms with Gasteiger partial charge in [-0.05, 0) is 56.7 Å². The molecule has 3 N–H and O–H groups in total. The fourth-order valence-corrected chi connectivity index (χ4v) is 7.26. The molecular weight excluding hydrogens is 513 g/mol. The smallest absolute Gasteiger partial charge is 0.354 e. The number of halogens is 1. The number of nitrogens with two attached hydrogens (primary N) is 1. The van der Waals surface area contributed by atoms with E-state index in [2.05, 4.69) is 9.97 Å². The van der Waals surface area contributed by atoms with Crippen molar-refractivity contribution in [2.75, 3.05) is 6.54 Å². The van der Waals surface area contributed by atoms with Crippen LogP contribution in [0.15, 0.2) is 35.8 Å². The van der Waals surface area contributed by atoms with Crippen LogP contribution in [0.25, 0.3) is 15.4 Å². The molecule has 0 spiro atoms. The Morgan fingerprint density at radius 2 is 2.05 bits per heavy atom. The fraction of sp³-hybridized carbons (Fsp3) is 0.385. The van der Waals surface area contributed by atoms with Crippen molar-refractivity contribution in [2.45, 2.75) is 51.6 Å². The molecular formula is C26H28FN5O3S2. The van der Waals surface area contributed by atoms with Crippen molar-refractivity contribution in [3.8, 4) is 10.4 Å². The Morgan fingerprint density at radius 1 is 1.24 bits per heavy atom. The highest BCUT2D eigenvalue weighted by Crippen LogP contribution is 2.42. The predicted octanol–water partition coefficient (Wildman–Crippen LogP) is 5.00. The topological polar surface area (TPSA) is 114 Å². The van der Waals surface area contributed by atoms with Gasteiger partial charge in [-0.3, -0.25) is 9.20 Å². The summed E-state index contributed by atoms with van der Waals surface area (Å²) in [4.78, 5) is 36.2. The summed E-state index contributed by atoms with van der Waals surface area (Å²) >= 11 is 2.87. The molecule has 4 aromatic rings. The lowest BCUT2D eigenvalue weighted by Crippen LogP contribution is -2.44. The van der Waals surface area contributed by atoms with E-state index in [1.807, 2.05) is 23.3 Å². The second kappa shape index (κ2) is 10.3. The molecule has 1 saturated carbocycles. The van der Waals surface area contributed by atoms with Gasteiger partial charge in [0.05, 0.1) is 15.6 Å². The molecule has 1 aromatic carbocycles. The number of benzene rings is 1. The Bertz CT molecular complexity index is 1460. The van der Waals surface area contributed by atoms with Crippen LogP contribution < -0.4 is 5.73 Å². The first-order valence-electron chi connectivity index (χ1n) is 12.2. The molecule has 0 unspecified atom stereocenters. The van der Waals surface area contributed by atoms with Gasteiger partial charge in [0, 0.05) is 30.2 Å². The minimum Gasteiger partial charge on any atom is -0.477 e. The number of aromatic nitrogens is 3. The lowest BCUT2D eigenvalue weighted by atomic mass is 10.0. The number of hydrogen-bond donors (Lipinski definition) is 2. The van der Waals surface area contributed by atoms with Gasteiger partial charge in [-0.1, -0.05) is 18.6 Å². The number of imidazole rings is 1. The van der Waals surface area contributed by atoms with Crippen molar-refractivity contribution < 1.29 is 19.1 Å². The van der Waals surface area contributed by atoms with E-state index in [0.29, 0.717) is 29.4 Å². The third-order valence-electron chi connectivity index (χ3n) is 7.11. The molecule has 1 saturated heterocycles. The van der Waals surface area contributed by atoms with Gasteiger partial charge >= 0.3 is 5.97 Å². The minimum atomic E-state index is -0.932. The van der Waals surface area contributed by atoms with E-state index in [1.54, 1.807) is 23.6 Å². The van der Waals surface area contributed by atoms with Crippen molar-refractivity contribution in [3.63, 3.8) is 0 Å². The maximum atomic E-state index is 13.7. The Morgan fingerprint density at radius 3 is 2.78 bits per heavy atom. The number of carbonyl (C=O) groups is 2. The third kappa shape index (κ3) is 4.78. The van der Waals surface area contributed by atoms with Crippen molar-refractivity contribution in [1.29, 1.82) is 0 Å². The van der Waals surface area contributed by atoms with Gasteiger partial charge in [-0.2, -0.15) is 0 Å². The molecule has 2 fully saturated rings. The van der Waals surface area contributed by atoms with Gasteiger partial charge in [0.15, 0.2) is 10.7 Å². The van der Waals surface area contributed by atoms with E-state index in [4.69, 9.17) is 10.8 Å². The largest absolute Gasteiger partial charge is 0.477 e. The molecule has 0 radical (unpaired) electrons. The summed E-state index contributed by atoms with van der Waals surface area (Å²) in [5.41, 5.74) is 7.93. The standard InChI is InChI=1S/C19H22FN3OS.C7H6N2O2S/c1-11-22-17(18(25-11)13-5-2-6-14(20)8-13)19(24)23-15(10-21)9-12-4-3-7-16(12)23;1-4-5(6(10)11)9-2-3-12-7(9)8-4/h2,5-6,8,12,15-16H,3-4,7,9-10,21H2,1H3;2-3H,1H3,(H,10,11)/t12-,15-,16-;/m0./s1. The number of fused-ring (bicyclic) bond motifs is 2. The molecule has 1 aliphatic carbocycles. The Hall–Kier alpha value is -3.15. The molecule has 11 heteroatoms. The summed E-state index contributed by atoms with van der Waals surface area (Å²) in [5, 5.41) is 11.4. The zero-order chi connectivity index (χ0) is 26.3. The van der Waals surface area contributed by atoms with E-state index in [-0.39, 0.29) is 29.5 Å². The van der Waals surface area contributed by atoms with E-state index in [0.717, 1.165) is 27.7 Å². The van der Waals surface area contributed by atoms with Gasteiger partial charge in [0.2, 0.25) is 0 Å². The van der Waals surface area contributed by atoms with E-state index in [1.165, 1.54) is 47.6 Å². The molecule has 8 nitrogen and oxygen atoms in total. The van der Waals surface area contributed by atoms with Crippen LogP contribution in [0.5, 0.6) is 0 Å². The summed E-state index contributed by atoms with van der Waals surface area (Å²) < 4.78 is 15.2. The lowest BCUT2D eigenvalue weighted by Gasteiger charge is -2.29. The number of hydrogen-bond acceptors (Lipinski definition) is 7. The van der Waals surface area contributed by atoms with Crippen molar-refractivity contribution >= 4 is 39.5 Å². The Labute approximate surface area is 221 Å². The molecule has 4 heterocycles. The van der Waals surface area contributed by atoms with E-state index >= 15 is 0 Å². The van der Waals surface area contributed by atoms with Gasteiger partial charge < -0.3 is 15.7 Å². The molecule has 2 aliphatic rings. The van der Waals surface area contributed by atoms with Crippen LogP contribution in [0.3, 0.4) is 0 Å². The van der Waals surface area contributed by atoms with Crippen LogP contribution in [0.4, 0.5) is 4.39 Å². The number of carboxylic acids is 1. The predicted molar refractivity (Wildman–Crippen MR) is 142 cm³/mol. The zero-order valence-corrected chi connectivity index (χ0v) is 22.2. The second-order valence-corrected chi connectivity index (χ2v) is 11.5. The van der Waals surface area contributed by atoms with E-state index in [9.17, 15) is 14.0 Å². The first kappa shape index (κ1) is 25.5. The SMILES string of the molecule is Cc1nc(C(=O)N2[C@H](CN)C[C@@H]3CCC[C@@H]32)c(-c2cccc(F)c2)s1.Cc1nc2sccn2c1C(=O)O. The summed E-state index contributed by atoms with van der Waals surface area (Å²) in [6.45, 7) is 4.06. The fourth-order valence-electron chi connectivity index (χ4n) is 5.59. The Kier molecular flexibility index (Phi) is 7.11. The van der Waals surface area contributed by atoms with Crippen LogP contribution in [0.1, 0.15) is 57.4 Å². The van der Waals surface area contributed by atoms with Gasteiger partial charge in [0.1, 0.15) is 11.5 Å². The van der Waals surface area contributed by atoms with Crippen LogP contribution in [0.2, 0.25) is 0 Å². The van der Waals surface area contributed by atoms with Crippen LogP contribution >= 0.6 is 22.7 Å². The molecule has 194 valence electrons. The number of likely N-dealkylation sites (tertiary alicyclic amines) is 1.